The maximum Gasteiger partial charge on any atom is 0.185 e. The fourth-order valence-corrected chi connectivity index (χ4v) is 3.59. The van der Waals surface area contributed by atoms with Crippen LogP contribution in [0.1, 0.15) is 69.4 Å². The lowest BCUT2D eigenvalue weighted by Crippen LogP contribution is -2.19. The maximum atomic E-state index is 4.95. The van der Waals surface area contributed by atoms with Crippen molar-refractivity contribution >= 4 is 16.5 Å². The van der Waals surface area contributed by atoms with Gasteiger partial charge in [0, 0.05) is 30.9 Å². The number of unbranched alkanes of at least 4 members (excludes halogenated alkanes) is 2. The van der Waals surface area contributed by atoms with E-state index in [0.717, 1.165) is 25.6 Å². The zero-order valence-electron chi connectivity index (χ0n) is 14.1. The van der Waals surface area contributed by atoms with Crippen molar-refractivity contribution in [3.63, 3.8) is 0 Å². The van der Waals surface area contributed by atoms with Gasteiger partial charge in [-0.3, -0.25) is 0 Å². The molecule has 0 radical (unpaired) electrons. The molecule has 0 amide bonds. The second kappa shape index (κ2) is 8.14. The number of hydrogen-bond acceptors (Lipinski definition) is 4. The highest BCUT2D eigenvalue weighted by atomic mass is 32.1. The molecule has 1 heterocycles. The summed E-state index contributed by atoms with van der Waals surface area (Å²) >= 11 is 1.90. The summed E-state index contributed by atoms with van der Waals surface area (Å²) in [6.07, 6.45) is 6.53. The van der Waals surface area contributed by atoms with E-state index in [-0.39, 0.29) is 0 Å². The topological polar surface area (TPSA) is 28.2 Å². The summed E-state index contributed by atoms with van der Waals surface area (Å²) in [5.74, 6) is 1.45. The molecule has 120 valence electrons. The molecule has 2 rings (SSSR count). The standard InChI is InChI=1S/C17H31N3S/c1-5-6-7-10-20(4)17-19-16(14-8-9-14)15(21-17)12-18-11-13(2)3/h13-14,18H,5-12H2,1-4H3. The van der Waals surface area contributed by atoms with E-state index >= 15 is 0 Å². The van der Waals surface area contributed by atoms with Crippen molar-refractivity contribution in [2.45, 2.75) is 65.3 Å². The molecule has 1 aromatic heterocycles. The summed E-state index contributed by atoms with van der Waals surface area (Å²) in [4.78, 5) is 8.77. The van der Waals surface area contributed by atoms with E-state index in [0.29, 0.717) is 5.92 Å². The molecule has 0 spiro atoms. The zero-order chi connectivity index (χ0) is 15.2. The summed E-state index contributed by atoms with van der Waals surface area (Å²) in [7, 11) is 2.19. The first-order valence-corrected chi connectivity index (χ1v) is 9.34. The van der Waals surface area contributed by atoms with Gasteiger partial charge in [0.05, 0.1) is 5.69 Å². The van der Waals surface area contributed by atoms with Crippen molar-refractivity contribution in [1.29, 1.82) is 0 Å². The fourth-order valence-electron chi connectivity index (χ4n) is 2.49. The van der Waals surface area contributed by atoms with Gasteiger partial charge in [0.15, 0.2) is 5.13 Å². The molecule has 4 heteroatoms. The molecule has 0 unspecified atom stereocenters. The number of nitrogens with one attached hydrogen (secondary N) is 1. The Bertz CT molecular complexity index is 424. The molecule has 1 aliphatic rings. The van der Waals surface area contributed by atoms with E-state index < -0.39 is 0 Å². The monoisotopic (exact) mass is 309 g/mol. The minimum absolute atomic E-state index is 0.707. The summed E-state index contributed by atoms with van der Waals surface area (Å²) < 4.78 is 0. The number of anilines is 1. The highest BCUT2D eigenvalue weighted by Gasteiger charge is 2.30. The fraction of sp³-hybridized carbons (Fsp3) is 0.824. The van der Waals surface area contributed by atoms with Crippen LogP contribution in [0.15, 0.2) is 0 Å². The molecular formula is C17H31N3S. The Labute approximate surface area is 134 Å². The molecule has 1 aromatic rings. The van der Waals surface area contributed by atoms with Crippen LogP contribution < -0.4 is 10.2 Å². The lowest BCUT2D eigenvalue weighted by molar-refractivity contribution is 0.553. The zero-order valence-corrected chi connectivity index (χ0v) is 14.9. The molecular weight excluding hydrogens is 278 g/mol. The van der Waals surface area contributed by atoms with Gasteiger partial charge in [-0.25, -0.2) is 4.98 Å². The highest BCUT2D eigenvalue weighted by Crippen LogP contribution is 2.44. The molecule has 1 aliphatic carbocycles. The summed E-state index contributed by atoms with van der Waals surface area (Å²) in [5, 5.41) is 4.80. The van der Waals surface area contributed by atoms with Crippen LogP contribution in [0.5, 0.6) is 0 Å². The van der Waals surface area contributed by atoms with E-state index in [9.17, 15) is 0 Å². The summed E-state index contributed by atoms with van der Waals surface area (Å²) in [6, 6.07) is 0. The SMILES string of the molecule is CCCCCN(C)c1nc(C2CC2)c(CNCC(C)C)s1. The molecule has 0 saturated heterocycles. The largest absolute Gasteiger partial charge is 0.351 e. The van der Waals surface area contributed by atoms with Crippen molar-refractivity contribution in [3.05, 3.63) is 10.6 Å². The normalized spacial score (nSPS) is 14.9. The van der Waals surface area contributed by atoms with Crippen molar-refractivity contribution in [2.75, 3.05) is 25.0 Å². The van der Waals surface area contributed by atoms with Gasteiger partial charge >= 0.3 is 0 Å². The molecule has 3 nitrogen and oxygen atoms in total. The predicted octanol–water partition coefficient (Wildman–Crippen LogP) is 4.39. The minimum Gasteiger partial charge on any atom is -0.351 e. The second-order valence-corrected chi connectivity index (χ2v) is 7.79. The van der Waals surface area contributed by atoms with E-state index in [1.165, 1.54) is 47.8 Å². The first-order valence-electron chi connectivity index (χ1n) is 8.53. The van der Waals surface area contributed by atoms with Crippen LogP contribution in [0.25, 0.3) is 0 Å². The Balaban J connectivity index is 1.95. The van der Waals surface area contributed by atoms with Crippen LogP contribution in [0.2, 0.25) is 0 Å². The summed E-state index contributed by atoms with van der Waals surface area (Å²) in [6.45, 7) is 9.98. The third-order valence-corrected chi connectivity index (χ3v) is 5.13. The van der Waals surface area contributed by atoms with Gasteiger partial charge in [-0.1, -0.05) is 33.6 Å². The molecule has 0 aliphatic heterocycles. The van der Waals surface area contributed by atoms with Crippen LogP contribution in [0.3, 0.4) is 0 Å². The van der Waals surface area contributed by atoms with Gasteiger partial charge in [-0.05, 0) is 31.7 Å². The average molecular weight is 310 g/mol. The molecule has 1 fully saturated rings. The Morgan fingerprint density at radius 1 is 1.33 bits per heavy atom. The van der Waals surface area contributed by atoms with Crippen molar-refractivity contribution < 1.29 is 0 Å². The van der Waals surface area contributed by atoms with Gasteiger partial charge in [0.2, 0.25) is 0 Å². The Morgan fingerprint density at radius 2 is 2.10 bits per heavy atom. The highest BCUT2D eigenvalue weighted by molar-refractivity contribution is 7.15. The van der Waals surface area contributed by atoms with Crippen molar-refractivity contribution in [3.8, 4) is 0 Å². The third-order valence-electron chi connectivity index (χ3n) is 3.94. The lowest BCUT2D eigenvalue weighted by atomic mass is 10.2. The molecule has 21 heavy (non-hydrogen) atoms. The van der Waals surface area contributed by atoms with E-state index in [4.69, 9.17) is 4.98 Å². The maximum absolute atomic E-state index is 4.95. The van der Waals surface area contributed by atoms with Crippen LogP contribution in [0.4, 0.5) is 5.13 Å². The third kappa shape index (κ3) is 5.26. The Kier molecular flexibility index (Phi) is 6.49. The van der Waals surface area contributed by atoms with Gasteiger partial charge in [-0.15, -0.1) is 11.3 Å². The van der Waals surface area contributed by atoms with Gasteiger partial charge in [-0.2, -0.15) is 0 Å². The smallest absolute Gasteiger partial charge is 0.185 e. The number of nitrogens with zero attached hydrogens (tertiary/aromatic N) is 2. The van der Waals surface area contributed by atoms with E-state index in [1.54, 1.807) is 0 Å². The Hall–Kier alpha value is -0.610. The molecule has 0 aromatic carbocycles. The van der Waals surface area contributed by atoms with Crippen LogP contribution in [-0.2, 0) is 6.54 Å². The Morgan fingerprint density at radius 3 is 2.71 bits per heavy atom. The van der Waals surface area contributed by atoms with Gasteiger partial charge in [0.25, 0.3) is 0 Å². The molecule has 1 saturated carbocycles. The van der Waals surface area contributed by atoms with E-state index in [1.807, 2.05) is 11.3 Å². The van der Waals surface area contributed by atoms with Crippen molar-refractivity contribution in [2.24, 2.45) is 5.92 Å². The number of thiazole rings is 1. The van der Waals surface area contributed by atoms with Crippen molar-refractivity contribution in [1.82, 2.24) is 10.3 Å². The minimum atomic E-state index is 0.707. The number of rotatable bonds is 10. The molecule has 0 bridgehead atoms. The van der Waals surface area contributed by atoms with Gasteiger partial charge < -0.3 is 10.2 Å². The first kappa shape index (κ1) is 16.8. The molecule has 0 atom stereocenters. The number of aromatic nitrogens is 1. The predicted molar refractivity (Wildman–Crippen MR) is 93.4 cm³/mol. The van der Waals surface area contributed by atoms with E-state index in [2.05, 4.69) is 38.0 Å². The van der Waals surface area contributed by atoms with Crippen LogP contribution in [-0.4, -0.2) is 25.1 Å². The van der Waals surface area contributed by atoms with Crippen LogP contribution in [0, 0.1) is 5.92 Å². The second-order valence-electron chi connectivity index (χ2n) is 6.73. The lowest BCUT2D eigenvalue weighted by Gasteiger charge is -2.14. The average Bonchev–Trinajstić information content (AvgIpc) is 3.19. The quantitative estimate of drug-likeness (QED) is 0.650. The van der Waals surface area contributed by atoms with Gasteiger partial charge in [0.1, 0.15) is 0 Å². The number of hydrogen-bond donors (Lipinski definition) is 1. The first-order chi connectivity index (χ1) is 10.1. The van der Waals surface area contributed by atoms with Crippen LogP contribution >= 0.6 is 11.3 Å². The summed E-state index contributed by atoms with van der Waals surface area (Å²) in [5.41, 5.74) is 1.38. The molecule has 1 N–H and O–H groups in total.